The van der Waals surface area contributed by atoms with Gasteiger partial charge in [-0.1, -0.05) is 91.1 Å². The fraction of sp³-hybridized carbons (Fsp3) is 0.271. The molecule has 312 valence electrons. The van der Waals surface area contributed by atoms with E-state index in [1.54, 1.807) is 26.5 Å². The summed E-state index contributed by atoms with van der Waals surface area (Å²) in [5, 5.41) is 19.3. The van der Waals surface area contributed by atoms with Crippen LogP contribution >= 0.6 is 0 Å². The Morgan fingerprint density at radius 3 is 2.10 bits per heavy atom. The minimum atomic E-state index is -2.48. The van der Waals surface area contributed by atoms with Crippen molar-refractivity contribution in [2.45, 2.75) is 63.2 Å². The Morgan fingerprint density at radius 2 is 1.48 bits per heavy atom. The number of nitrogens with zero attached hydrogens (tertiary/aromatic N) is 6. The lowest BCUT2D eigenvalue weighted by Gasteiger charge is -2.37. The fourth-order valence-corrected chi connectivity index (χ4v) is 13.6. The molecule has 0 unspecified atom stereocenters. The lowest BCUT2D eigenvalue weighted by atomic mass is 9.82. The summed E-state index contributed by atoms with van der Waals surface area (Å²) in [6.07, 6.45) is 4.04. The van der Waals surface area contributed by atoms with E-state index in [-0.39, 0.29) is 36.6 Å². The van der Waals surface area contributed by atoms with Gasteiger partial charge in [-0.25, -0.2) is 0 Å². The third-order valence-corrected chi connectivity index (χ3v) is 16.9. The van der Waals surface area contributed by atoms with Crippen LogP contribution in [0.15, 0.2) is 134 Å². The standard InChI is InChI=1S/C48H50N6O6Si/c1-34-46(61(3,4)42-21-19-41(59-2)20-22-42)45(24-26-51-31-36(25-27-55)49-50-51)60-48(34)43-29-40(54(33-57)38-15-9-6-10-16-38)18-23-44(43)52(47(48)58)30-35-12-11-17-39(28-35)53(32-56)37-13-7-5-8-14-37/h5-23,28-29,31-34,45-46,55H,24-27,30H2,1-4H3/t34-,45+,46-,48+/m1/s1. The number of rotatable bonds is 16. The maximum Gasteiger partial charge on any atom is 0.264 e. The number of hydrogen-bond donors (Lipinski definition) is 1. The van der Waals surface area contributed by atoms with Crippen LogP contribution in [-0.2, 0) is 44.2 Å². The van der Waals surface area contributed by atoms with Crippen molar-refractivity contribution in [1.29, 1.82) is 0 Å². The molecule has 2 aliphatic heterocycles. The van der Waals surface area contributed by atoms with Crippen LogP contribution in [0, 0.1) is 5.92 Å². The molecule has 3 amide bonds. The van der Waals surface area contributed by atoms with E-state index in [0.29, 0.717) is 53.4 Å². The van der Waals surface area contributed by atoms with Gasteiger partial charge in [0.1, 0.15) is 5.75 Å². The summed E-state index contributed by atoms with van der Waals surface area (Å²) in [4.78, 5) is 45.9. The van der Waals surface area contributed by atoms with Crippen LogP contribution < -0.4 is 24.6 Å². The van der Waals surface area contributed by atoms with Crippen molar-refractivity contribution in [2.24, 2.45) is 5.92 Å². The van der Waals surface area contributed by atoms with Crippen LogP contribution in [0.3, 0.4) is 0 Å². The van der Waals surface area contributed by atoms with Crippen LogP contribution in [0.25, 0.3) is 0 Å². The molecule has 5 aromatic carbocycles. The number of methoxy groups -OCH3 is 1. The molecule has 12 nitrogen and oxygen atoms in total. The number of aliphatic hydroxyl groups excluding tert-OH is 1. The normalized spacial score (nSPS) is 19.5. The molecule has 0 radical (unpaired) electrons. The van der Waals surface area contributed by atoms with Gasteiger partial charge in [0.2, 0.25) is 12.8 Å². The van der Waals surface area contributed by atoms with Gasteiger partial charge in [0.25, 0.3) is 5.91 Å². The topological polar surface area (TPSA) is 130 Å². The summed E-state index contributed by atoms with van der Waals surface area (Å²) in [5.41, 5.74) is 4.20. The number of carbonyl (C=O) groups is 3. The van der Waals surface area contributed by atoms with Gasteiger partial charge in [0.05, 0.1) is 39.2 Å². The van der Waals surface area contributed by atoms with Crippen molar-refractivity contribution in [3.8, 4) is 5.75 Å². The zero-order chi connectivity index (χ0) is 42.7. The SMILES string of the molecule is COc1ccc([Si](C)(C)[C@H]2[C@H](CCn3cc(CCO)nn3)O[C@@]3(C(=O)N(Cc4cccc(N(C=O)c5ccccc5)c4)c4ccc(N(C=O)c5ccccc5)cc43)[C@@H]2C)cc1. The Kier molecular flexibility index (Phi) is 11.7. The minimum absolute atomic E-state index is 0.0212. The Morgan fingerprint density at radius 1 is 0.836 bits per heavy atom. The number of benzene rings is 5. The molecule has 1 N–H and O–H groups in total. The third-order valence-electron chi connectivity index (χ3n) is 12.5. The number of hydrogen-bond acceptors (Lipinski definition) is 8. The molecule has 0 bridgehead atoms. The predicted molar refractivity (Wildman–Crippen MR) is 238 cm³/mol. The van der Waals surface area contributed by atoms with E-state index in [9.17, 15) is 14.7 Å². The van der Waals surface area contributed by atoms with Gasteiger partial charge in [-0.15, -0.1) is 5.10 Å². The van der Waals surface area contributed by atoms with Crippen LogP contribution in [-0.4, -0.2) is 66.7 Å². The Bertz CT molecular complexity index is 2500. The zero-order valence-electron chi connectivity index (χ0n) is 34.8. The molecule has 13 heteroatoms. The van der Waals surface area contributed by atoms with E-state index in [0.717, 1.165) is 29.8 Å². The molecular weight excluding hydrogens is 785 g/mol. The second kappa shape index (κ2) is 17.3. The average molecular weight is 835 g/mol. The molecule has 3 heterocycles. The van der Waals surface area contributed by atoms with Gasteiger partial charge in [-0.05, 0) is 84.3 Å². The molecule has 1 aromatic heterocycles. The van der Waals surface area contributed by atoms with E-state index in [1.807, 2.05) is 121 Å². The van der Waals surface area contributed by atoms with Crippen molar-refractivity contribution < 1.29 is 29.0 Å². The Labute approximate surface area is 357 Å². The van der Waals surface area contributed by atoms with Gasteiger partial charge in [0.15, 0.2) is 5.60 Å². The van der Waals surface area contributed by atoms with Crippen molar-refractivity contribution >= 4 is 60.4 Å². The highest BCUT2D eigenvalue weighted by Crippen LogP contribution is 2.60. The largest absolute Gasteiger partial charge is 0.497 e. The quantitative estimate of drug-likeness (QED) is 0.0797. The molecule has 0 aliphatic carbocycles. The van der Waals surface area contributed by atoms with Crippen LogP contribution in [0.4, 0.5) is 28.4 Å². The number of para-hydroxylation sites is 2. The smallest absolute Gasteiger partial charge is 0.264 e. The van der Waals surface area contributed by atoms with E-state index < -0.39 is 13.7 Å². The van der Waals surface area contributed by atoms with Crippen molar-refractivity contribution in [3.05, 3.63) is 150 Å². The van der Waals surface area contributed by atoms with Gasteiger partial charge >= 0.3 is 0 Å². The summed E-state index contributed by atoms with van der Waals surface area (Å²) < 4.78 is 14.7. The third kappa shape index (κ3) is 7.64. The lowest BCUT2D eigenvalue weighted by Crippen LogP contribution is -2.51. The molecule has 1 saturated heterocycles. The van der Waals surface area contributed by atoms with E-state index in [1.165, 1.54) is 5.19 Å². The molecule has 8 rings (SSSR count). The molecule has 1 fully saturated rings. The fourth-order valence-electron chi connectivity index (χ4n) is 9.52. The molecule has 2 aliphatic rings. The number of fused-ring (bicyclic) bond motifs is 2. The van der Waals surface area contributed by atoms with Crippen molar-refractivity contribution in [2.75, 3.05) is 28.4 Å². The lowest BCUT2D eigenvalue weighted by molar-refractivity contribution is -0.146. The van der Waals surface area contributed by atoms with Crippen molar-refractivity contribution in [1.82, 2.24) is 15.0 Å². The summed E-state index contributed by atoms with van der Waals surface area (Å²) in [6.45, 7) is 7.52. The van der Waals surface area contributed by atoms with E-state index >= 15 is 4.79 Å². The number of aryl methyl sites for hydroxylation is 1. The molecule has 1 spiro atoms. The van der Waals surface area contributed by atoms with E-state index in [4.69, 9.17) is 9.47 Å². The summed E-state index contributed by atoms with van der Waals surface area (Å²) in [6, 6.07) is 40.5. The second-order valence-corrected chi connectivity index (χ2v) is 21.0. The van der Waals surface area contributed by atoms with Crippen LogP contribution in [0.5, 0.6) is 5.75 Å². The number of amides is 3. The zero-order valence-corrected chi connectivity index (χ0v) is 35.8. The first-order valence-corrected chi connectivity index (χ1v) is 23.7. The van der Waals surface area contributed by atoms with E-state index in [2.05, 4.69) is 42.5 Å². The number of aliphatic hydroxyl groups is 1. The molecule has 61 heavy (non-hydrogen) atoms. The van der Waals surface area contributed by atoms with Gasteiger partial charge in [-0.2, -0.15) is 0 Å². The molecule has 4 atom stereocenters. The molecule has 6 aromatic rings. The first kappa shape index (κ1) is 41.3. The van der Waals surface area contributed by atoms with Gasteiger partial charge in [0, 0.05) is 60.0 Å². The maximum atomic E-state index is 15.7. The first-order valence-electron chi connectivity index (χ1n) is 20.6. The average Bonchev–Trinajstić information content (AvgIpc) is 3.94. The predicted octanol–water partition coefficient (Wildman–Crippen LogP) is 7.26. The summed E-state index contributed by atoms with van der Waals surface area (Å²) in [7, 11) is -0.823. The number of ether oxygens (including phenoxy) is 2. The monoisotopic (exact) mass is 834 g/mol. The molecular formula is C48H50N6O6Si. The van der Waals surface area contributed by atoms with Gasteiger partial charge < -0.3 is 19.5 Å². The van der Waals surface area contributed by atoms with Crippen molar-refractivity contribution in [3.63, 3.8) is 0 Å². The number of aromatic nitrogens is 3. The Hall–Kier alpha value is -6.41. The maximum absolute atomic E-state index is 15.7. The van der Waals surface area contributed by atoms with Gasteiger partial charge in [-0.3, -0.25) is 28.9 Å². The minimum Gasteiger partial charge on any atom is -0.497 e. The molecule has 0 saturated carbocycles. The summed E-state index contributed by atoms with van der Waals surface area (Å²) >= 11 is 0. The second-order valence-electron chi connectivity index (χ2n) is 16.3. The highest BCUT2D eigenvalue weighted by molar-refractivity contribution is 6.91. The highest BCUT2D eigenvalue weighted by Gasteiger charge is 2.66. The highest BCUT2D eigenvalue weighted by atomic mass is 28.3. The van der Waals surface area contributed by atoms with Crippen LogP contribution in [0.2, 0.25) is 18.6 Å². The number of anilines is 5. The van der Waals surface area contributed by atoms with Crippen LogP contribution in [0.1, 0.15) is 30.2 Å². The first-order chi connectivity index (χ1) is 29.6. The summed E-state index contributed by atoms with van der Waals surface area (Å²) in [5.74, 6) is 0.292. The number of carbonyl (C=O) groups excluding carboxylic acids is 3. The Balaban J connectivity index is 1.24.